The van der Waals surface area contributed by atoms with E-state index in [4.69, 9.17) is 13.9 Å². The van der Waals surface area contributed by atoms with Gasteiger partial charge in [0.05, 0.1) is 12.0 Å². The monoisotopic (exact) mass is 569 g/mol. The third-order valence-corrected chi connectivity index (χ3v) is 8.13. The van der Waals surface area contributed by atoms with Crippen LogP contribution in [0.15, 0.2) is 111 Å². The van der Waals surface area contributed by atoms with Crippen LogP contribution in [0.2, 0.25) is 0 Å². The molecule has 0 aliphatic rings. The van der Waals surface area contributed by atoms with E-state index in [9.17, 15) is 18.0 Å². The number of hydrogen-bond donors (Lipinski definition) is 1. The van der Waals surface area contributed by atoms with Crippen molar-refractivity contribution in [3.8, 4) is 22.6 Å². The zero-order valence-electron chi connectivity index (χ0n) is 22.6. The number of carbonyl (C=O) groups excluding carboxylic acids is 1. The van der Waals surface area contributed by atoms with Crippen LogP contribution in [0.4, 0.5) is 0 Å². The third-order valence-electron chi connectivity index (χ3n) is 6.70. The first-order valence-corrected chi connectivity index (χ1v) is 14.2. The van der Waals surface area contributed by atoms with E-state index in [0.717, 1.165) is 11.1 Å². The lowest BCUT2D eigenvalue weighted by atomic mass is 10.00. The van der Waals surface area contributed by atoms with E-state index in [2.05, 4.69) is 4.72 Å². The molecule has 1 aromatic heterocycles. The van der Waals surface area contributed by atoms with Gasteiger partial charge in [-0.3, -0.25) is 0 Å². The predicted molar refractivity (Wildman–Crippen MR) is 156 cm³/mol. The minimum atomic E-state index is -4.07. The highest BCUT2D eigenvalue weighted by Gasteiger charge is 2.29. The standard InChI is InChI=1S/C32H27NO7S/c1-20-9-15-25(16-10-20)41(36,37)33-30(23-7-5-4-6-8-23)32(35)39-28-18-17-26-27(19-29(34)40-31(26)21(28)2)22-11-13-24(38-3)14-12-22/h4-19,30,33H,1-3H3. The second kappa shape index (κ2) is 11.4. The van der Waals surface area contributed by atoms with Gasteiger partial charge in [0.1, 0.15) is 23.1 Å². The van der Waals surface area contributed by atoms with E-state index in [0.29, 0.717) is 27.8 Å². The van der Waals surface area contributed by atoms with Gasteiger partial charge in [-0.25, -0.2) is 18.0 Å². The minimum absolute atomic E-state index is 0.0200. The Morgan fingerprint density at radius 1 is 0.878 bits per heavy atom. The van der Waals surface area contributed by atoms with Gasteiger partial charge in [0.15, 0.2) is 0 Å². The quantitative estimate of drug-likeness (QED) is 0.145. The van der Waals surface area contributed by atoms with Crippen LogP contribution in [0.5, 0.6) is 11.5 Å². The van der Waals surface area contributed by atoms with E-state index in [-0.39, 0.29) is 16.2 Å². The molecule has 9 heteroatoms. The Hall–Kier alpha value is -4.73. The number of hydrogen-bond acceptors (Lipinski definition) is 7. The first-order valence-electron chi connectivity index (χ1n) is 12.7. The molecule has 1 unspecified atom stereocenters. The Morgan fingerprint density at radius 3 is 2.22 bits per heavy atom. The molecule has 4 aromatic carbocycles. The molecule has 0 spiro atoms. The van der Waals surface area contributed by atoms with Gasteiger partial charge in [-0.15, -0.1) is 0 Å². The van der Waals surface area contributed by atoms with Crippen LogP contribution >= 0.6 is 0 Å². The van der Waals surface area contributed by atoms with Gasteiger partial charge in [0.2, 0.25) is 10.0 Å². The molecule has 0 aliphatic carbocycles. The summed E-state index contributed by atoms with van der Waals surface area (Å²) in [6.45, 7) is 3.52. The van der Waals surface area contributed by atoms with Gasteiger partial charge in [0, 0.05) is 17.0 Å². The largest absolute Gasteiger partial charge is 0.497 e. The molecule has 1 heterocycles. The molecular weight excluding hydrogens is 542 g/mol. The summed E-state index contributed by atoms with van der Waals surface area (Å²) in [5, 5.41) is 0.645. The molecule has 5 rings (SSSR count). The van der Waals surface area contributed by atoms with Crippen molar-refractivity contribution < 1.29 is 27.1 Å². The fraction of sp³-hybridized carbons (Fsp3) is 0.125. The number of benzene rings is 4. The van der Waals surface area contributed by atoms with E-state index in [1.807, 2.05) is 19.1 Å². The fourth-order valence-corrected chi connectivity index (χ4v) is 5.64. The molecule has 8 nitrogen and oxygen atoms in total. The third kappa shape index (κ3) is 5.91. The molecule has 0 aliphatic heterocycles. The second-order valence-corrected chi connectivity index (χ2v) is 11.2. The number of nitrogens with one attached hydrogen (secondary N) is 1. The maximum absolute atomic E-state index is 13.5. The molecule has 208 valence electrons. The highest BCUT2D eigenvalue weighted by Crippen LogP contribution is 2.34. The van der Waals surface area contributed by atoms with E-state index < -0.39 is 27.7 Å². The summed E-state index contributed by atoms with van der Waals surface area (Å²) in [5.41, 5.74) is 2.83. The van der Waals surface area contributed by atoms with Gasteiger partial charge in [-0.1, -0.05) is 60.2 Å². The molecule has 0 bridgehead atoms. The zero-order chi connectivity index (χ0) is 29.1. The lowest BCUT2D eigenvalue weighted by Gasteiger charge is -2.19. The Kier molecular flexibility index (Phi) is 7.74. The van der Waals surface area contributed by atoms with Crippen LogP contribution in [0.25, 0.3) is 22.1 Å². The van der Waals surface area contributed by atoms with Crippen molar-refractivity contribution in [2.75, 3.05) is 7.11 Å². The number of ether oxygens (including phenoxy) is 2. The van der Waals surface area contributed by atoms with Crippen LogP contribution < -0.4 is 19.8 Å². The van der Waals surface area contributed by atoms with Crippen LogP contribution in [-0.4, -0.2) is 21.5 Å². The van der Waals surface area contributed by atoms with Gasteiger partial charge in [-0.05, 0) is 66.9 Å². The van der Waals surface area contributed by atoms with Crippen molar-refractivity contribution in [3.63, 3.8) is 0 Å². The lowest BCUT2D eigenvalue weighted by molar-refractivity contribution is -0.136. The Balaban J connectivity index is 1.51. The average Bonchev–Trinajstić information content (AvgIpc) is 2.98. The summed E-state index contributed by atoms with van der Waals surface area (Å²) in [7, 11) is -2.50. The molecular formula is C32H27NO7S. The minimum Gasteiger partial charge on any atom is -0.497 e. The van der Waals surface area contributed by atoms with Crippen LogP contribution in [0, 0.1) is 13.8 Å². The van der Waals surface area contributed by atoms with Crippen LogP contribution in [-0.2, 0) is 14.8 Å². The smallest absolute Gasteiger partial charge is 0.336 e. The number of aryl methyl sites for hydroxylation is 2. The lowest BCUT2D eigenvalue weighted by Crippen LogP contribution is -2.36. The van der Waals surface area contributed by atoms with Gasteiger partial charge in [0.25, 0.3) is 0 Å². The number of sulfonamides is 1. The van der Waals surface area contributed by atoms with Gasteiger partial charge in [-0.2, -0.15) is 4.72 Å². The fourth-order valence-electron chi connectivity index (χ4n) is 4.47. The first-order chi connectivity index (χ1) is 19.7. The first kappa shape index (κ1) is 27.8. The summed E-state index contributed by atoms with van der Waals surface area (Å²) in [6, 6.07) is 25.3. The molecule has 0 radical (unpaired) electrons. The van der Waals surface area contributed by atoms with E-state index >= 15 is 0 Å². The number of carbonyl (C=O) groups is 1. The maximum atomic E-state index is 13.5. The molecule has 0 saturated carbocycles. The molecule has 0 amide bonds. The molecule has 5 aromatic rings. The number of esters is 1. The highest BCUT2D eigenvalue weighted by atomic mass is 32.2. The topological polar surface area (TPSA) is 112 Å². The van der Waals surface area contributed by atoms with E-state index in [1.165, 1.54) is 18.2 Å². The van der Waals surface area contributed by atoms with Crippen molar-refractivity contribution in [1.82, 2.24) is 4.72 Å². The average molecular weight is 570 g/mol. The summed E-state index contributed by atoms with van der Waals surface area (Å²) in [4.78, 5) is 26.1. The Morgan fingerprint density at radius 2 is 1.56 bits per heavy atom. The highest BCUT2D eigenvalue weighted by molar-refractivity contribution is 7.89. The second-order valence-electron chi connectivity index (χ2n) is 9.47. The predicted octanol–water partition coefficient (Wildman–Crippen LogP) is 5.71. The Labute approximate surface area is 237 Å². The van der Waals surface area contributed by atoms with Crippen molar-refractivity contribution in [2.24, 2.45) is 0 Å². The number of rotatable bonds is 8. The summed E-state index contributed by atoms with van der Waals surface area (Å²) < 4.78 is 45.4. The zero-order valence-corrected chi connectivity index (χ0v) is 23.4. The molecule has 1 N–H and O–H groups in total. The van der Waals surface area contributed by atoms with Crippen molar-refractivity contribution in [2.45, 2.75) is 24.8 Å². The van der Waals surface area contributed by atoms with Gasteiger partial charge < -0.3 is 13.9 Å². The summed E-state index contributed by atoms with van der Waals surface area (Å²) >= 11 is 0. The van der Waals surface area contributed by atoms with Crippen molar-refractivity contribution in [1.29, 1.82) is 0 Å². The van der Waals surface area contributed by atoms with E-state index in [1.54, 1.807) is 80.8 Å². The number of methoxy groups -OCH3 is 1. The maximum Gasteiger partial charge on any atom is 0.336 e. The molecule has 1 atom stereocenters. The molecule has 0 saturated heterocycles. The SMILES string of the molecule is COc1ccc(-c2cc(=O)oc3c(C)c(OC(=O)C(NS(=O)(=O)c4ccc(C)cc4)c4ccccc4)ccc23)cc1. The van der Waals surface area contributed by atoms with Crippen LogP contribution in [0.3, 0.4) is 0 Å². The number of fused-ring (bicyclic) bond motifs is 1. The van der Waals surface area contributed by atoms with Gasteiger partial charge >= 0.3 is 11.6 Å². The molecule has 41 heavy (non-hydrogen) atoms. The molecule has 0 fully saturated rings. The normalized spacial score (nSPS) is 12.2. The van der Waals surface area contributed by atoms with Crippen molar-refractivity contribution in [3.05, 3.63) is 124 Å². The Bertz CT molecular complexity index is 1880. The van der Waals surface area contributed by atoms with Crippen LogP contribution in [0.1, 0.15) is 22.7 Å². The van der Waals surface area contributed by atoms with Crippen molar-refractivity contribution >= 4 is 27.0 Å². The summed E-state index contributed by atoms with van der Waals surface area (Å²) in [5.74, 6) is -0.0339. The summed E-state index contributed by atoms with van der Waals surface area (Å²) in [6.07, 6.45) is 0.